The van der Waals surface area contributed by atoms with Crippen LogP contribution in [0, 0.1) is 6.92 Å². The van der Waals surface area contributed by atoms with E-state index in [1.54, 1.807) is 13.3 Å². The summed E-state index contributed by atoms with van der Waals surface area (Å²) < 4.78 is 13.3. The van der Waals surface area contributed by atoms with E-state index in [9.17, 15) is 0 Å². The minimum Gasteiger partial charge on any atom is -0.479 e. The molecule has 0 atom stereocenters. The van der Waals surface area contributed by atoms with Crippen molar-refractivity contribution in [1.82, 2.24) is 13.7 Å². The summed E-state index contributed by atoms with van der Waals surface area (Å²) in [6, 6.07) is 0. The molecule has 0 aliphatic rings. The van der Waals surface area contributed by atoms with Gasteiger partial charge in [-0.2, -0.15) is 8.75 Å². The van der Waals surface area contributed by atoms with E-state index in [4.69, 9.17) is 4.74 Å². The zero-order valence-electron chi connectivity index (χ0n) is 6.74. The summed E-state index contributed by atoms with van der Waals surface area (Å²) >= 11 is 1.18. The van der Waals surface area contributed by atoms with E-state index in [0.29, 0.717) is 5.88 Å². The van der Waals surface area contributed by atoms with Crippen molar-refractivity contribution >= 4 is 22.8 Å². The second-order valence-electron chi connectivity index (χ2n) is 2.41. The third-order valence-corrected chi connectivity index (χ3v) is 2.16. The summed E-state index contributed by atoms with van der Waals surface area (Å²) in [5.41, 5.74) is 2.66. The molecule has 62 valence electrons. The highest BCUT2D eigenvalue weighted by Crippen LogP contribution is 2.22. The van der Waals surface area contributed by atoms with E-state index in [2.05, 4.69) is 13.7 Å². The van der Waals surface area contributed by atoms with Gasteiger partial charge >= 0.3 is 0 Å². The summed E-state index contributed by atoms with van der Waals surface area (Å²) in [5.74, 6) is 0.546. The van der Waals surface area contributed by atoms with E-state index in [-0.39, 0.29) is 0 Å². The Morgan fingerprint density at radius 1 is 1.33 bits per heavy atom. The molecule has 0 fully saturated rings. The van der Waals surface area contributed by atoms with Crippen LogP contribution >= 0.6 is 11.7 Å². The Morgan fingerprint density at radius 3 is 2.83 bits per heavy atom. The predicted octanol–water partition coefficient (Wildman–Crippen LogP) is 1.40. The molecule has 5 heteroatoms. The molecule has 2 aromatic rings. The van der Waals surface area contributed by atoms with Crippen LogP contribution in [0.5, 0.6) is 5.88 Å². The molecule has 0 unspecified atom stereocenters. The maximum atomic E-state index is 5.03. The maximum absolute atomic E-state index is 5.03. The first-order valence-electron chi connectivity index (χ1n) is 3.45. The molecule has 12 heavy (non-hydrogen) atoms. The van der Waals surface area contributed by atoms with E-state index in [1.807, 2.05) is 6.92 Å². The molecule has 0 spiro atoms. The average Bonchev–Trinajstić information content (AvgIpc) is 2.54. The third kappa shape index (κ3) is 0.937. The number of hydrogen-bond donors (Lipinski definition) is 0. The summed E-state index contributed by atoms with van der Waals surface area (Å²) in [6.07, 6.45) is 1.74. The Kier molecular flexibility index (Phi) is 1.65. The number of aromatic nitrogens is 3. The Hall–Kier alpha value is -1.23. The van der Waals surface area contributed by atoms with Crippen molar-refractivity contribution in [2.75, 3.05) is 7.11 Å². The van der Waals surface area contributed by atoms with Crippen LogP contribution in [0.2, 0.25) is 0 Å². The monoisotopic (exact) mass is 181 g/mol. The van der Waals surface area contributed by atoms with Gasteiger partial charge in [0, 0.05) is 6.20 Å². The molecule has 0 aliphatic carbocycles. The molecule has 2 heterocycles. The maximum Gasteiger partial charge on any atom is 0.243 e. The van der Waals surface area contributed by atoms with Crippen LogP contribution in [0.15, 0.2) is 6.20 Å². The zero-order valence-corrected chi connectivity index (χ0v) is 7.55. The van der Waals surface area contributed by atoms with Crippen molar-refractivity contribution < 1.29 is 4.74 Å². The van der Waals surface area contributed by atoms with Crippen LogP contribution in [0.25, 0.3) is 11.0 Å². The number of nitrogens with zero attached hydrogens (tertiary/aromatic N) is 3. The molecule has 4 nitrogen and oxygen atoms in total. The molecule has 2 rings (SSSR count). The SMILES string of the molecule is COc1ncc(C)c2nsnc12. The summed E-state index contributed by atoms with van der Waals surface area (Å²) in [6.45, 7) is 1.95. The highest BCUT2D eigenvalue weighted by molar-refractivity contribution is 7.00. The van der Waals surface area contributed by atoms with Gasteiger partial charge in [-0.25, -0.2) is 4.98 Å². The van der Waals surface area contributed by atoms with Crippen LogP contribution in [0.1, 0.15) is 5.56 Å². The third-order valence-electron chi connectivity index (χ3n) is 1.63. The first-order valence-corrected chi connectivity index (χ1v) is 4.18. The zero-order chi connectivity index (χ0) is 8.55. The minimum absolute atomic E-state index is 0.546. The highest BCUT2D eigenvalue weighted by Gasteiger charge is 2.08. The molecule has 0 bridgehead atoms. The lowest BCUT2D eigenvalue weighted by atomic mass is 10.3. The van der Waals surface area contributed by atoms with Crippen molar-refractivity contribution in [2.24, 2.45) is 0 Å². The summed E-state index contributed by atoms with van der Waals surface area (Å²) in [5, 5.41) is 0. The van der Waals surface area contributed by atoms with E-state index in [0.717, 1.165) is 16.6 Å². The van der Waals surface area contributed by atoms with Gasteiger partial charge in [0.2, 0.25) is 5.88 Å². The van der Waals surface area contributed by atoms with Gasteiger partial charge in [-0.3, -0.25) is 0 Å². The van der Waals surface area contributed by atoms with Crippen LogP contribution in [0.3, 0.4) is 0 Å². The number of rotatable bonds is 1. The highest BCUT2D eigenvalue weighted by atomic mass is 32.1. The smallest absolute Gasteiger partial charge is 0.243 e. The van der Waals surface area contributed by atoms with E-state index in [1.165, 1.54) is 11.7 Å². The average molecular weight is 181 g/mol. The van der Waals surface area contributed by atoms with Gasteiger partial charge in [-0.15, -0.1) is 0 Å². The van der Waals surface area contributed by atoms with Crippen LogP contribution in [-0.4, -0.2) is 20.8 Å². The van der Waals surface area contributed by atoms with Gasteiger partial charge in [-0.05, 0) is 12.5 Å². The standard InChI is InChI=1S/C7H7N3OS/c1-4-3-8-7(11-2)6-5(4)9-12-10-6/h3H,1-2H3. The summed E-state index contributed by atoms with van der Waals surface area (Å²) in [7, 11) is 1.58. The Balaban J connectivity index is 2.82. The number of pyridine rings is 1. The van der Waals surface area contributed by atoms with Crippen LogP contribution in [0.4, 0.5) is 0 Å². The van der Waals surface area contributed by atoms with Crippen LogP contribution in [-0.2, 0) is 0 Å². The largest absolute Gasteiger partial charge is 0.479 e. The van der Waals surface area contributed by atoms with E-state index < -0.39 is 0 Å². The Morgan fingerprint density at radius 2 is 2.08 bits per heavy atom. The number of aryl methyl sites for hydroxylation is 1. The molecule has 0 N–H and O–H groups in total. The molecule has 2 aromatic heterocycles. The fourth-order valence-corrected chi connectivity index (χ4v) is 1.61. The van der Waals surface area contributed by atoms with Gasteiger partial charge in [0.15, 0.2) is 5.52 Å². The fraction of sp³-hybridized carbons (Fsp3) is 0.286. The Labute approximate surface area is 73.5 Å². The fourth-order valence-electron chi connectivity index (χ4n) is 1.01. The number of ether oxygens (including phenoxy) is 1. The number of fused-ring (bicyclic) bond motifs is 1. The first kappa shape index (κ1) is 7.42. The molecule has 0 aliphatic heterocycles. The van der Waals surface area contributed by atoms with Gasteiger partial charge in [-0.1, -0.05) is 0 Å². The van der Waals surface area contributed by atoms with Crippen molar-refractivity contribution in [3.05, 3.63) is 11.8 Å². The number of hydrogen-bond acceptors (Lipinski definition) is 5. The van der Waals surface area contributed by atoms with Gasteiger partial charge in [0.25, 0.3) is 0 Å². The quantitative estimate of drug-likeness (QED) is 0.667. The second-order valence-corrected chi connectivity index (χ2v) is 2.94. The lowest BCUT2D eigenvalue weighted by Gasteiger charge is -1.98. The van der Waals surface area contributed by atoms with Gasteiger partial charge in [0.1, 0.15) is 5.52 Å². The molecular formula is C7H7N3OS. The van der Waals surface area contributed by atoms with Crippen molar-refractivity contribution in [3.8, 4) is 5.88 Å². The Bertz CT molecular complexity index is 412. The second kappa shape index (κ2) is 2.67. The number of methoxy groups -OCH3 is 1. The van der Waals surface area contributed by atoms with Crippen LogP contribution < -0.4 is 4.74 Å². The normalized spacial score (nSPS) is 10.5. The lowest BCUT2D eigenvalue weighted by Crippen LogP contribution is -1.89. The van der Waals surface area contributed by atoms with Gasteiger partial charge < -0.3 is 4.74 Å². The first-order chi connectivity index (χ1) is 5.83. The predicted molar refractivity (Wildman–Crippen MR) is 46.5 cm³/mol. The molecule has 0 amide bonds. The van der Waals surface area contributed by atoms with Crippen molar-refractivity contribution in [3.63, 3.8) is 0 Å². The molecule has 0 radical (unpaired) electrons. The molecule has 0 saturated carbocycles. The van der Waals surface area contributed by atoms with Crippen molar-refractivity contribution in [1.29, 1.82) is 0 Å². The summed E-state index contributed by atoms with van der Waals surface area (Å²) in [4.78, 5) is 4.08. The molecule has 0 saturated heterocycles. The minimum atomic E-state index is 0.546. The molecular weight excluding hydrogens is 174 g/mol. The van der Waals surface area contributed by atoms with Crippen molar-refractivity contribution in [2.45, 2.75) is 6.92 Å². The topological polar surface area (TPSA) is 47.9 Å². The molecule has 0 aromatic carbocycles. The van der Waals surface area contributed by atoms with Gasteiger partial charge in [0.05, 0.1) is 18.8 Å². The lowest BCUT2D eigenvalue weighted by molar-refractivity contribution is 0.402. The van der Waals surface area contributed by atoms with E-state index >= 15 is 0 Å².